The predicted octanol–water partition coefficient (Wildman–Crippen LogP) is 5.15. The molecule has 0 spiro atoms. The van der Waals surface area contributed by atoms with Crippen LogP contribution in [-0.4, -0.2) is 15.0 Å². The Labute approximate surface area is 107 Å². The summed E-state index contributed by atoms with van der Waals surface area (Å²) < 4.78 is 3.21. The number of ether oxygens (including phenoxy) is 1. The van der Waals surface area contributed by atoms with Crippen LogP contribution in [0.15, 0.2) is 0 Å². The van der Waals surface area contributed by atoms with Crippen LogP contribution in [0.5, 0.6) is 0 Å². The molecule has 0 rings (SSSR count). The van der Waals surface area contributed by atoms with E-state index < -0.39 is 8.43 Å². The summed E-state index contributed by atoms with van der Waals surface area (Å²) in [4.78, 5) is 10.3. The lowest BCUT2D eigenvalue weighted by Gasteiger charge is -2.16. The van der Waals surface area contributed by atoms with Gasteiger partial charge in [-0.15, -0.1) is 0 Å². The molecule has 0 atom stereocenters. The van der Waals surface area contributed by atoms with Crippen molar-refractivity contribution in [3.63, 3.8) is 0 Å². The second-order valence-corrected chi connectivity index (χ2v) is 9.53. The number of hydrogen-bond acceptors (Lipinski definition) is 6. The van der Waals surface area contributed by atoms with Crippen LogP contribution in [0.3, 0.4) is 0 Å². The number of carbonyl (C=O) groups excluding carboxylic acids is 1. The zero-order valence-electron chi connectivity index (χ0n) is 6.29. The third kappa shape index (κ3) is 10.2. The average Bonchev–Trinajstić information content (AvgIpc) is 1.98. The van der Waals surface area contributed by atoms with Crippen LogP contribution < -0.4 is 0 Å². The highest BCUT2D eigenvalue weighted by Crippen LogP contribution is 2.52. The molecule has 0 saturated heterocycles. The van der Waals surface area contributed by atoms with Gasteiger partial charge in [-0.25, -0.2) is 0 Å². The third-order valence-corrected chi connectivity index (χ3v) is 7.90. The molecule has 0 radical (unpaired) electrons. The maximum absolute atomic E-state index is 10.3. The van der Waals surface area contributed by atoms with Gasteiger partial charge >= 0.3 is 0 Å². The van der Waals surface area contributed by atoms with Gasteiger partial charge in [-0.3, -0.25) is 4.79 Å². The van der Waals surface area contributed by atoms with Crippen molar-refractivity contribution in [2.24, 2.45) is 0 Å². The summed E-state index contributed by atoms with van der Waals surface area (Å²) >= 11 is 16.5. The first-order chi connectivity index (χ1) is 5.98. The Morgan fingerprint density at radius 3 is 2.54 bits per heavy atom. The highest BCUT2D eigenvalue weighted by Gasteiger charge is 2.25. The largest absolute Gasteiger partial charge is 0.338 e. The maximum atomic E-state index is 10.3. The van der Waals surface area contributed by atoms with E-state index in [1.165, 1.54) is 19.7 Å². The fourth-order valence-corrected chi connectivity index (χ4v) is 6.85. The molecule has 0 aliphatic heterocycles. The Kier molecular flexibility index (Phi) is 9.28. The Balaban J connectivity index is 3.45. The van der Waals surface area contributed by atoms with Gasteiger partial charge in [-0.2, -0.15) is 0 Å². The Morgan fingerprint density at radius 1 is 1.46 bits per heavy atom. The molecule has 2 nitrogen and oxygen atoms in total. The molecule has 0 N–H and O–H groups in total. The van der Waals surface area contributed by atoms with Crippen LogP contribution in [0.1, 0.15) is 6.92 Å². The fourth-order valence-electron chi connectivity index (χ4n) is 0.286. The normalized spacial score (nSPS) is 11.7. The first-order valence-electron chi connectivity index (χ1n) is 2.88. The van der Waals surface area contributed by atoms with Crippen molar-refractivity contribution in [1.29, 1.82) is 0 Å². The van der Waals surface area contributed by atoms with Crippen molar-refractivity contribution in [3.8, 4) is 0 Å². The highest BCUT2D eigenvalue weighted by atomic mass is 35.5. The Bertz CT molecular complexity index is 167. The van der Waals surface area contributed by atoms with Crippen LogP contribution in [0.2, 0.25) is 0 Å². The summed E-state index contributed by atoms with van der Waals surface area (Å²) in [5.74, 6) is 0. The van der Waals surface area contributed by atoms with E-state index >= 15 is 0 Å². The summed E-state index contributed by atoms with van der Waals surface area (Å²) in [5.41, 5.74) is 0. The maximum Gasteiger partial charge on any atom is 0.290 e. The summed E-state index contributed by atoms with van der Waals surface area (Å²) in [5, 5.41) is 0. The molecule has 9 heteroatoms. The molecule has 0 aliphatic rings. The lowest BCUT2D eigenvalue weighted by atomic mass is 10.9. The van der Waals surface area contributed by atoms with Gasteiger partial charge < -0.3 is 4.74 Å². The minimum Gasteiger partial charge on any atom is -0.338 e. The van der Waals surface area contributed by atoms with Crippen molar-refractivity contribution < 1.29 is 9.53 Å². The monoisotopic (exact) mass is 318 g/mol. The molecule has 78 valence electrons. The molecule has 0 fully saturated rings. The van der Waals surface area contributed by atoms with Crippen molar-refractivity contribution >= 4 is 80.6 Å². The lowest BCUT2D eigenvalue weighted by Crippen LogP contribution is -2.10. The van der Waals surface area contributed by atoms with E-state index in [1.807, 2.05) is 0 Å². The number of rotatable bonds is 6. The van der Waals surface area contributed by atoms with Crippen LogP contribution in [-0.2, 0) is 4.74 Å². The summed E-state index contributed by atoms with van der Waals surface area (Å²) in [6, 6.07) is 0. The van der Waals surface area contributed by atoms with Gasteiger partial charge in [0.15, 0.2) is 0 Å². The van der Waals surface area contributed by atoms with Gasteiger partial charge in [-0.05, 0) is 49.0 Å². The first kappa shape index (κ1) is 14.9. The highest BCUT2D eigenvalue weighted by molar-refractivity contribution is 9.27. The predicted molar refractivity (Wildman–Crippen MR) is 67.7 cm³/mol. The van der Waals surface area contributed by atoms with E-state index in [4.69, 9.17) is 39.5 Å². The van der Waals surface area contributed by atoms with Crippen molar-refractivity contribution in [1.82, 2.24) is 0 Å². The smallest absolute Gasteiger partial charge is 0.290 e. The molecule has 0 unspecified atom stereocenters. The van der Waals surface area contributed by atoms with E-state index in [9.17, 15) is 4.79 Å². The average molecular weight is 320 g/mol. The second-order valence-electron chi connectivity index (χ2n) is 1.44. The zero-order valence-corrected chi connectivity index (χ0v) is 11.8. The Morgan fingerprint density at radius 2 is 2.08 bits per heavy atom. The quantitative estimate of drug-likeness (QED) is 0.221. The number of hydrogen-bond donors (Lipinski definition) is 0. The van der Waals surface area contributed by atoms with E-state index in [1.54, 1.807) is 6.92 Å². The molecule has 0 aromatic rings. The minimum atomic E-state index is -1.28. The van der Waals surface area contributed by atoms with Crippen molar-refractivity contribution in [2.75, 3.05) is 6.61 Å². The van der Waals surface area contributed by atoms with Gasteiger partial charge in [0.2, 0.25) is 0 Å². The van der Waals surface area contributed by atoms with E-state index in [2.05, 4.69) is 0 Å². The van der Waals surface area contributed by atoms with Crippen LogP contribution >= 0.6 is 76.0 Å². The molecule has 0 bridgehead atoms. The van der Waals surface area contributed by atoms with Gasteiger partial charge in [0.1, 0.15) is 0 Å². The van der Waals surface area contributed by atoms with Crippen LogP contribution in [0.25, 0.3) is 0 Å². The van der Waals surface area contributed by atoms with Crippen LogP contribution in [0.4, 0.5) is 4.79 Å². The third-order valence-electron chi connectivity index (χ3n) is 0.571. The number of carbonyl (C=O) groups is 1. The molecule has 0 aromatic heterocycles. The molecule has 0 aromatic carbocycles. The first-order valence-corrected chi connectivity index (χ1v) is 8.83. The van der Waals surface area contributed by atoms with Crippen molar-refractivity contribution in [2.45, 2.75) is 10.8 Å². The summed E-state index contributed by atoms with van der Waals surface area (Å²) in [6.07, 6.45) is 0. The molecule has 0 aliphatic carbocycles. The van der Waals surface area contributed by atoms with Gasteiger partial charge in [0.05, 0.1) is 0 Å². The Hall–Kier alpha value is 1.90. The fraction of sp³-hybridized carbons (Fsp3) is 0.750. The molecule has 0 amide bonds. The molecule has 0 saturated carbocycles. The number of alkyl halides is 2. The number of halogens is 3. The molecule has 13 heavy (non-hydrogen) atoms. The van der Waals surface area contributed by atoms with Crippen molar-refractivity contribution in [3.05, 3.63) is 0 Å². The lowest BCUT2D eigenvalue weighted by molar-refractivity contribution is 0.149. The van der Waals surface area contributed by atoms with Gasteiger partial charge in [0.25, 0.3) is 8.43 Å². The molecular formula is C4H5Cl3O2S4. The zero-order chi connectivity index (χ0) is 10.3. The summed E-state index contributed by atoms with van der Waals surface area (Å²) in [7, 11) is 4.41. The topological polar surface area (TPSA) is 26.3 Å². The van der Waals surface area contributed by atoms with Gasteiger partial charge in [-0.1, -0.05) is 23.2 Å². The van der Waals surface area contributed by atoms with Crippen LogP contribution in [0, 0.1) is 0 Å². The molecule has 0 heterocycles. The second kappa shape index (κ2) is 8.10. The van der Waals surface area contributed by atoms with E-state index in [-0.39, 0.29) is 0 Å². The summed E-state index contributed by atoms with van der Waals surface area (Å²) in [6.45, 7) is 2.21. The standard InChI is InChI=1S/C4H5Cl3O2S4/c1-2-9-4(6,7)11-13-12-10-3(5)8/h2H2,1H3. The minimum absolute atomic E-state index is 0.423. The SMILES string of the molecule is CCOC(Cl)(Cl)SSSSC(=O)Cl. The van der Waals surface area contributed by atoms with E-state index in [0.717, 1.165) is 21.6 Å². The molecular weight excluding hydrogens is 315 g/mol. The van der Waals surface area contributed by atoms with Gasteiger partial charge in [0, 0.05) is 17.4 Å². The van der Waals surface area contributed by atoms with E-state index in [0.29, 0.717) is 6.61 Å².